The first-order valence-electron chi connectivity index (χ1n) is 9.64. The Balaban J connectivity index is 1.46. The lowest BCUT2D eigenvalue weighted by Crippen LogP contribution is -2.35. The summed E-state index contributed by atoms with van der Waals surface area (Å²) in [7, 11) is 0. The van der Waals surface area contributed by atoms with Gasteiger partial charge in [0, 0.05) is 55.6 Å². The molecule has 5 nitrogen and oxygen atoms in total. The second kappa shape index (κ2) is 6.71. The third-order valence-electron chi connectivity index (χ3n) is 6.03. The lowest BCUT2D eigenvalue weighted by atomic mass is 9.85. The molecule has 3 heterocycles. The van der Waals surface area contributed by atoms with Crippen molar-refractivity contribution in [3.05, 3.63) is 53.4 Å². The summed E-state index contributed by atoms with van der Waals surface area (Å²) < 4.78 is 0. The maximum Gasteiger partial charge on any atom is 0.130 e. The highest BCUT2D eigenvalue weighted by atomic mass is 16.3. The van der Waals surface area contributed by atoms with E-state index in [-0.39, 0.29) is 5.92 Å². The van der Waals surface area contributed by atoms with Gasteiger partial charge in [0.25, 0.3) is 0 Å². The van der Waals surface area contributed by atoms with Crippen LogP contribution in [0.2, 0.25) is 0 Å². The minimum Gasteiger partial charge on any atom is -0.383 e. The van der Waals surface area contributed by atoms with Crippen LogP contribution in [0.3, 0.4) is 0 Å². The van der Waals surface area contributed by atoms with Gasteiger partial charge in [0.1, 0.15) is 11.4 Å². The largest absolute Gasteiger partial charge is 0.383 e. The van der Waals surface area contributed by atoms with Crippen LogP contribution >= 0.6 is 0 Å². The second-order valence-corrected chi connectivity index (χ2v) is 8.35. The van der Waals surface area contributed by atoms with Gasteiger partial charge in [-0.05, 0) is 37.3 Å². The van der Waals surface area contributed by atoms with Crippen LogP contribution < -0.4 is 0 Å². The van der Waals surface area contributed by atoms with Crippen molar-refractivity contribution in [1.29, 1.82) is 0 Å². The SMILES string of the molecule is Cc1ccc([C@]2(O)CC[C@H]3CN(Cc4cnc(C(C)C)nc4)C[C@H]32)nc1. The Labute approximate surface area is 155 Å². The average Bonchev–Trinajstić information content (AvgIpc) is 3.16. The molecule has 4 rings (SSSR count). The number of aliphatic hydroxyl groups is 1. The minimum atomic E-state index is -0.787. The van der Waals surface area contributed by atoms with Crippen molar-refractivity contribution in [2.45, 2.75) is 51.7 Å². The summed E-state index contributed by atoms with van der Waals surface area (Å²) in [4.78, 5) is 15.9. The molecule has 2 aromatic heterocycles. The number of likely N-dealkylation sites (tertiary alicyclic amines) is 1. The van der Waals surface area contributed by atoms with Crippen molar-refractivity contribution in [2.24, 2.45) is 11.8 Å². The predicted octanol–water partition coefficient (Wildman–Crippen LogP) is 3.03. The quantitative estimate of drug-likeness (QED) is 0.916. The van der Waals surface area contributed by atoms with E-state index in [4.69, 9.17) is 0 Å². The number of nitrogens with zero attached hydrogens (tertiary/aromatic N) is 4. The Morgan fingerprint density at radius 1 is 1.15 bits per heavy atom. The molecule has 0 aromatic carbocycles. The van der Waals surface area contributed by atoms with Gasteiger partial charge in [0.15, 0.2) is 0 Å². The van der Waals surface area contributed by atoms with E-state index in [1.165, 1.54) is 0 Å². The lowest BCUT2D eigenvalue weighted by molar-refractivity contribution is -0.0108. The Kier molecular flexibility index (Phi) is 4.53. The Morgan fingerprint density at radius 2 is 1.92 bits per heavy atom. The number of hydrogen-bond donors (Lipinski definition) is 1. The number of rotatable bonds is 4. The average molecular weight is 352 g/mol. The smallest absolute Gasteiger partial charge is 0.130 e. The summed E-state index contributed by atoms with van der Waals surface area (Å²) in [5.74, 6) is 2.05. The van der Waals surface area contributed by atoms with Crippen molar-refractivity contribution in [1.82, 2.24) is 19.9 Å². The monoisotopic (exact) mass is 352 g/mol. The fourth-order valence-electron chi connectivity index (χ4n) is 4.56. The van der Waals surface area contributed by atoms with Gasteiger partial charge < -0.3 is 5.11 Å². The fraction of sp³-hybridized carbons (Fsp3) is 0.571. The topological polar surface area (TPSA) is 62.1 Å². The number of aryl methyl sites for hydroxylation is 1. The number of fused-ring (bicyclic) bond motifs is 1. The van der Waals surface area contributed by atoms with E-state index in [0.717, 1.165) is 55.1 Å². The van der Waals surface area contributed by atoms with Crippen LogP contribution in [0, 0.1) is 18.8 Å². The predicted molar refractivity (Wildman–Crippen MR) is 100 cm³/mol. The zero-order valence-corrected chi connectivity index (χ0v) is 15.9. The lowest BCUT2D eigenvalue weighted by Gasteiger charge is -2.29. The highest BCUT2D eigenvalue weighted by molar-refractivity contribution is 5.22. The van der Waals surface area contributed by atoms with E-state index in [1.54, 1.807) is 0 Å². The van der Waals surface area contributed by atoms with Gasteiger partial charge >= 0.3 is 0 Å². The molecule has 5 heteroatoms. The summed E-state index contributed by atoms with van der Waals surface area (Å²) in [6, 6.07) is 4.05. The van der Waals surface area contributed by atoms with Crippen molar-refractivity contribution < 1.29 is 5.11 Å². The van der Waals surface area contributed by atoms with E-state index in [0.29, 0.717) is 11.8 Å². The van der Waals surface area contributed by atoms with Crippen LogP contribution in [0.1, 0.15) is 55.3 Å². The molecule has 2 aliphatic rings. The molecule has 3 atom stereocenters. The van der Waals surface area contributed by atoms with Crippen molar-refractivity contribution in [3.63, 3.8) is 0 Å². The first-order valence-corrected chi connectivity index (χ1v) is 9.64. The third-order valence-corrected chi connectivity index (χ3v) is 6.03. The molecule has 2 fully saturated rings. The van der Waals surface area contributed by atoms with E-state index < -0.39 is 5.60 Å². The van der Waals surface area contributed by atoms with E-state index >= 15 is 0 Å². The molecule has 1 aliphatic heterocycles. The van der Waals surface area contributed by atoms with Gasteiger partial charge in [0.2, 0.25) is 0 Å². The van der Waals surface area contributed by atoms with Crippen LogP contribution in [0.25, 0.3) is 0 Å². The molecule has 0 unspecified atom stereocenters. The van der Waals surface area contributed by atoms with Gasteiger partial charge in [-0.25, -0.2) is 9.97 Å². The maximum atomic E-state index is 11.4. The van der Waals surface area contributed by atoms with Crippen molar-refractivity contribution in [2.75, 3.05) is 13.1 Å². The zero-order chi connectivity index (χ0) is 18.3. The highest BCUT2D eigenvalue weighted by Gasteiger charge is 2.53. The molecule has 0 bridgehead atoms. The first kappa shape index (κ1) is 17.6. The molecule has 138 valence electrons. The fourth-order valence-corrected chi connectivity index (χ4v) is 4.56. The third kappa shape index (κ3) is 3.14. The van der Waals surface area contributed by atoms with Crippen molar-refractivity contribution >= 4 is 0 Å². The van der Waals surface area contributed by atoms with Crippen LogP contribution in [-0.4, -0.2) is 38.0 Å². The standard InChI is InChI=1S/C21H28N4O/c1-14(2)20-23-9-16(10-24-20)11-25-12-17-6-7-21(26,18(17)13-25)19-5-4-15(3)8-22-19/h4-5,8-10,14,17-18,26H,6-7,11-13H2,1-3H3/t17-,18+,21-/m0/s1. The van der Waals surface area contributed by atoms with Gasteiger partial charge in [-0.3, -0.25) is 9.88 Å². The molecular formula is C21H28N4O. The minimum absolute atomic E-state index is 0.258. The Morgan fingerprint density at radius 3 is 2.58 bits per heavy atom. The molecule has 0 amide bonds. The summed E-state index contributed by atoms with van der Waals surface area (Å²) in [6.07, 6.45) is 7.64. The summed E-state index contributed by atoms with van der Waals surface area (Å²) in [6.45, 7) is 9.03. The zero-order valence-electron chi connectivity index (χ0n) is 15.9. The van der Waals surface area contributed by atoms with E-state index in [2.05, 4.69) is 33.7 Å². The Bertz CT molecular complexity index is 759. The molecule has 0 radical (unpaired) electrons. The summed E-state index contributed by atoms with van der Waals surface area (Å²) in [5.41, 5.74) is 2.32. The van der Waals surface area contributed by atoms with Crippen LogP contribution in [-0.2, 0) is 12.1 Å². The molecule has 0 spiro atoms. The van der Waals surface area contributed by atoms with Gasteiger partial charge in [0.05, 0.1) is 5.69 Å². The molecular weight excluding hydrogens is 324 g/mol. The van der Waals surface area contributed by atoms with Gasteiger partial charge in [-0.15, -0.1) is 0 Å². The first-order chi connectivity index (χ1) is 12.5. The maximum absolute atomic E-state index is 11.4. The van der Waals surface area contributed by atoms with E-state index in [1.807, 2.05) is 37.6 Å². The molecule has 2 aromatic rings. The number of aromatic nitrogens is 3. The molecule has 1 saturated heterocycles. The van der Waals surface area contributed by atoms with Crippen LogP contribution in [0.15, 0.2) is 30.7 Å². The molecule has 26 heavy (non-hydrogen) atoms. The normalized spacial score (nSPS) is 28.7. The Hall–Kier alpha value is -1.85. The number of hydrogen-bond acceptors (Lipinski definition) is 5. The van der Waals surface area contributed by atoms with Crippen LogP contribution in [0.4, 0.5) is 0 Å². The molecule has 1 aliphatic carbocycles. The molecule has 1 N–H and O–H groups in total. The second-order valence-electron chi connectivity index (χ2n) is 8.35. The van der Waals surface area contributed by atoms with Crippen molar-refractivity contribution in [3.8, 4) is 0 Å². The highest BCUT2D eigenvalue weighted by Crippen LogP contribution is 2.50. The summed E-state index contributed by atoms with van der Waals surface area (Å²) in [5, 5.41) is 11.4. The van der Waals surface area contributed by atoms with Crippen LogP contribution in [0.5, 0.6) is 0 Å². The van der Waals surface area contributed by atoms with E-state index in [9.17, 15) is 5.11 Å². The number of pyridine rings is 1. The van der Waals surface area contributed by atoms with Gasteiger partial charge in [-0.2, -0.15) is 0 Å². The van der Waals surface area contributed by atoms with Gasteiger partial charge in [-0.1, -0.05) is 19.9 Å². The summed E-state index contributed by atoms with van der Waals surface area (Å²) >= 11 is 0. The molecule has 1 saturated carbocycles.